The summed E-state index contributed by atoms with van der Waals surface area (Å²) in [5, 5.41) is 0.703. The Kier molecular flexibility index (Phi) is 10.6. The van der Waals surface area contributed by atoms with Crippen LogP contribution in [-0.4, -0.2) is 0 Å². The minimum absolute atomic E-state index is 0.0219. The number of anilines is 6. The Balaban J connectivity index is 1.47. The summed E-state index contributed by atoms with van der Waals surface area (Å²) in [6, 6.07) is 60.6. The largest absolute Gasteiger partial charge is 0.309 e. The molecular formula is C50H46BrClN2. The van der Waals surface area contributed by atoms with E-state index in [-0.39, 0.29) is 10.8 Å². The highest BCUT2D eigenvalue weighted by Gasteiger charge is 2.27. The smallest absolute Gasteiger partial charge is 0.0657 e. The van der Waals surface area contributed by atoms with E-state index in [4.69, 9.17) is 11.6 Å². The van der Waals surface area contributed by atoms with Crippen molar-refractivity contribution in [3.05, 3.63) is 190 Å². The molecule has 0 saturated carbocycles. The molecule has 7 aromatic rings. The van der Waals surface area contributed by atoms with Crippen LogP contribution in [0.1, 0.15) is 52.7 Å². The molecule has 270 valence electrons. The first-order chi connectivity index (χ1) is 25.9. The molecule has 0 aromatic heterocycles. The second-order valence-corrected chi connectivity index (χ2v) is 17.1. The predicted molar refractivity (Wildman–Crippen MR) is 237 cm³/mol. The highest BCUT2D eigenvalue weighted by atomic mass is 79.9. The number of rotatable bonds is 8. The molecule has 0 aliphatic rings. The topological polar surface area (TPSA) is 6.48 Å². The Hall–Kier alpha value is -5.09. The molecule has 0 fully saturated rings. The van der Waals surface area contributed by atoms with Gasteiger partial charge < -0.3 is 9.80 Å². The van der Waals surface area contributed by atoms with Crippen LogP contribution in [-0.2, 0) is 10.8 Å². The van der Waals surface area contributed by atoms with Crippen LogP contribution < -0.4 is 9.80 Å². The highest BCUT2D eigenvalue weighted by Crippen LogP contribution is 2.49. The molecule has 0 radical (unpaired) electrons. The van der Waals surface area contributed by atoms with E-state index in [9.17, 15) is 0 Å². The van der Waals surface area contributed by atoms with Crippen molar-refractivity contribution in [2.45, 2.75) is 52.4 Å². The normalized spacial score (nSPS) is 11.7. The lowest BCUT2D eigenvalue weighted by Crippen LogP contribution is -2.19. The molecule has 7 rings (SSSR count). The summed E-state index contributed by atoms with van der Waals surface area (Å²) in [6.07, 6.45) is 0. The van der Waals surface area contributed by atoms with E-state index in [2.05, 4.69) is 225 Å². The zero-order valence-corrected chi connectivity index (χ0v) is 34.2. The van der Waals surface area contributed by atoms with Crippen LogP contribution in [0.15, 0.2) is 174 Å². The molecule has 7 aromatic carbocycles. The zero-order chi connectivity index (χ0) is 38.0. The fourth-order valence-electron chi connectivity index (χ4n) is 6.78. The van der Waals surface area contributed by atoms with Gasteiger partial charge in [-0.2, -0.15) is 0 Å². The van der Waals surface area contributed by atoms with Gasteiger partial charge in [-0.3, -0.25) is 0 Å². The van der Waals surface area contributed by atoms with E-state index < -0.39 is 0 Å². The minimum atomic E-state index is -0.150. The molecule has 0 atom stereocenters. The van der Waals surface area contributed by atoms with Crippen molar-refractivity contribution in [2.75, 3.05) is 9.80 Å². The van der Waals surface area contributed by atoms with Crippen LogP contribution in [0, 0.1) is 0 Å². The van der Waals surface area contributed by atoms with Gasteiger partial charge in [0.25, 0.3) is 0 Å². The molecule has 0 aliphatic carbocycles. The first kappa shape index (κ1) is 37.2. The summed E-state index contributed by atoms with van der Waals surface area (Å²) in [6.45, 7) is 13.6. The lowest BCUT2D eigenvalue weighted by molar-refractivity contribution is 0.590. The van der Waals surface area contributed by atoms with Gasteiger partial charge in [0.1, 0.15) is 0 Å². The summed E-state index contributed by atoms with van der Waals surface area (Å²) in [7, 11) is 0. The number of hydrogen-bond donors (Lipinski definition) is 0. The van der Waals surface area contributed by atoms with E-state index in [0.29, 0.717) is 5.02 Å². The van der Waals surface area contributed by atoms with E-state index in [0.717, 1.165) is 38.6 Å². The van der Waals surface area contributed by atoms with E-state index >= 15 is 0 Å². The van der Waals surface area contributed by atoms with Crippen molar-refractivity contribution in [1.82, 2.24) is 0 Å². The Morgan fingerprint density at radius 3 is 1.20 bits per heavy atom. The summed E-state index contributed by atoms with van der Waals surface area (Å²) in [5.41, 5.74) is 13.4. The van der Waals surface area contributed by atoms with Gasteiger partial charge in [0.15, 0.2) is 0 Å². The van der Waals surface area contributed by atoms with Gasteiger partial charge >= 0.3 is 0 Å². The SMILES string of the molecule is CC(C)(C)c1cccc(N(c2ccc(Cl)cc2)c2cc(C(C)(C)C)cc(N(c3ccc(-c4ccccc4)cc3)c3ccc(-c4ccccc4)cc3)c2Br)c1. The van der Waals surface area contributed by atoms with Crippen molar-refractivity contribution in [3.8, 4) is 22.3 Å². The van der Waals surface area contributed by atoms with E-state index in [1.165, 1.54) is 33.4 Å². The lowest BCUT2D eigenvalue weighted by atomic mass is 9.85. The first-order valence-electron chi connectivity index (χ1n) is 18.5. The molecule has 0 aliphatic heterocycles. The van der Waals surface area contributed by atoms with E-state index in [1.54, 1.807) is 0 Å². The first-order valence-corrected chi connectivity index (χ1v) is 19.7. The number of benzene rings is 7. The Morgan fingerprint density at radius 2 is 0.778 bits per heavy atom. The van der Waals surface area contributed by atoms with Crippen LogP contribution in [0.2, 0.25) is 5.02 Å². The third-order valence-electron chi connectivity index (χ3n) is 9.90. The highest BCUT2D eigenvalue weighted by molar-refractivity contribution is 9.10. The second-order valence-electron chi connectivity index (χ2n) is 15.9. The van der Waals surface area contributed by atoms with Gasteiger partial charge in [0.2, 0.25) is 0 Å². The maximum Gasteiger partial charge on any atom is 0.0657 e. The van der Waals surface area contributed by atoms with Crippen molar-refractivity contribution >= 4 is 61.7 Å². The molecular weight excluding hydrogens is 744 g/mol. The fourth-order valence-corrected chi connectivity index (χ4v) is 7.49. The summed E-state index contributed by atoms with van der Waals surface area (Å²) >= 11 is 10.7. The van der Waals surface area contributed by atoms with Gasteiger partial charge in [-0.05, 0) is 133 Å². The van der Waals surface area contributed by atoms with Gasteiger partial charge in [0.05, 0.1) is 15.8 Å². The molecule has 0 saturated heterocycles. The van der Waals surface area contributed by atoms with Gasteiger partial charge in [-0.1, -0.05) is 150 Å². The minimum Gasteiger partial charge on any atom is -0.309 e. The van der Waals surface area contributed by atoms with Crippen molar-refractivity contribution < 1.29 is 0 Å². The summed E-state index contributed by atoms with van der Waals surface area (Å²) in [4.78, 5) is 4.72. The molecule has 0 bridgehead atoms. The van der Waals surface area contributed by atoms with Gasteiger partial charge in [0, 0.05) is 27.8 Å². The molecule has 0 amide bonds. The zero-order valence-electron chi connectivity index (χ0n) is 31.8. The standard InChI is InChI=1S/C50H46BrClN2/c1-49(2,3)39-18-13-19-45(32-39)54(44-30-24-41(52)25-31-44)47-34-40(50(4,5)6)33-46(48(47)51)53(42-26-20-37(21-27-42)35-14-9-7-10-15-35)43-28-22-38(23-29-43)36-16-11-8-12-17-36/h7-34H,1-6H3. The van der Waals surface area contributed by atoms with Gasteiger partial charge in [-0.25, -0.2) is 0 Å². The molecule has 54 heavy (non-hydrogen) atoms. The van der Waals surface area contributed by atoms with Crippen molar-refractivity contribution in [3.63, 3.8) is 0 Å². The van der Waals surface area contributed by atoms with Crippen LogP contribution >= 0.6 is 27.5 Å². The third-order valence-corrected chi connectivity index (χ3v) is 11.0. The van der Waals surface area contributed by atoms with Crippen LogP contribution in [0.4, 0.5) is 34.1 Å². The number of nitrogens with zero attached hydrogens (tertiary/aromatic N) is 2. The maximum absolute atomic E-state index is 6.48. The molecule has 4 heteroatoms. The van der Waals surface area contributed by atoms with E-state index in [1.807, 2.05) is 12.1 Å². The molecule has 0 unspecified atom stereocenters. The third kappa shape index (κ3) is 8.04. The van der Waals surface area contributed by atoms with Crippen LogP contribution in [0.5, 0.6) is 0 Å². The summed E-state index contributed by atoms with van der Waals surface area (Å²) in [5.74, 6) is 0. The number of hydrogen-bond acceptors (Lipinski definition) is 2. The average molecular weight is 790 g/mol. The monoisotopic (exact) mass is 788 g/mol. The van der Waals surface area contributed by atoms with Crippen LogP contribution in [0.3, 0.4) is 0 Å². The van der Waals surface area contributed by atoms with Crippen LogP contribution in [0.25, 0.3) is 22.3 Å². The Labute approximate surface area is 334 Å². The van der Waals surface area contributed by atoms with Crippen molar-refractivity contribution in [2.24, 2.45) is 0 Å². The fraction of sp³-hybridized carbons (Fsp3) is 0.160. The Morgan fingerprint density at radius 1 is 0.389 bits per heavy atom. The predicted octanol–water partition coefficient (Wildman–Crippen LogP) is 16.0. The molecule has 0 heterocycles. The summed E-state index contributed by atoms with van der Waals surface area (Å²) < 4.78 is 0.978. The quantitative estimate of drug-likeness (QED) is 0.151. The molecule has 0 spiro atoms. The second kappa shape index (κ2) is 15.3. The number of halogens is 2. The van der Waals surface area contributed by atoms with Gasteiger partial charge in [-0.15, -0.1) is 0 Å². The lowest BCUT2D eigenvalue weighted by Gasteiger charge is -2.34. The molecule has 2 nitrogen and oxygen atoms in total. The average Bonchev–Trinajstić information content (AvgIpc) is 3.17. The maximum atomic E-state index is 6.48. The van der Waals surface area contributed by atoms with Crippen molar-refractivity contribution in [1.29, 1.82) is 0 Å². The molecule has 0 N–H and O–H groups in total. The Bertz CT molecular complexity index is 2260.